The van der Waals surface area contributed by atoms with Crippen LogP contribution < -0.4 is 14.4 Å². The largest absolute Gasteiger partial charge is 0.454 e. The molecule has 0 radical (unpaired) electrons. The third kappa shape index (κ3) is 3.22. The Labute approximate surface area is 168 Å². The molecule has 3 aromatic rings. The fourth-order valence-electron chi connectivity index (χ4n) is 3.73. The Balaban J connectivity index is 1.36. The van der Waals surface area contributed by atoms with E-state index in [0.29, 0.717) is 42.1 Å². The summed E-state index contributed by atoms with van der Waals surface area (Å²) >= 11 is 0. The molecule has 0 N–H and O–H groups in total. The molecule has 1 fully saturated rings. The average Bonchev–Trinajstić information content (AvgIpc) is 3.46. The van der Waals surface area contributed by atoms with Crippen molar-refractivity contribution in [3.8, 4) is 23.0 Å². The number of nitrogens with zero attached hydrogens (tertiary/aromatic N) is 3. The summed E-state index contributed by atoms with van der Waals surface area (Å²) in [4.78, 5) is 19.0. The molecular formula is C22H21N3O4. The first-order valence-electron chi connectivity index (χ1n) is 9.72. The SMILES string of the molecule is CC(C)c1cccc(N2CC(c3noc(-c4ccc5c(c4)OCO5)n3)CC2=O)c1. The molecule has 3 heterocycles. The molecule has 2 aromatic carbocycles. The number of benzene rings is 2. The quantitative estimate of drug-likeness (QED) is 0.666. The molecule has 1 atom stereocenters. The molecule has 5 rings (SSSR count). The van der Waals surface area contributed by atoms with E-state index in [0.717, 1.165) is 11.3 Å². The zero-order valence-corrected chi connectivity index (χ0v) is 16.3. The molecule has 2 aliphatic rings. The van der Waals surface area contributed by atoms with E-state index in [2.05, 4.69) is 36.1 Å². The normalized spacial score (nSPS) is 18.1. The highest BCUT2D eigenvalue weighted by Gasteiger charge is 2.35. The Kier molecular flexibility index (Phi) is 4.23. The fourth-order valence-corrected chi connectivity index (χ4v) is 3.73. The molecule has 1 amide bonds. The third-order valence-corrected chi connectivity index (χ3v) is 5.40. The molecule has 7 nitrogen and oxygen atoms in total. The van der Waals surface area contributed by atoms with E-state index in [1.54, 1.807) is 0 Å². The first kappa shape index (κ1) is 17.7. The molecular weight excluding hydrogens is 370 g/mol. The molecule has 0 spiro atoms. The van der Waals surface area contributed by atoms with Gasteiger partial charge in [0, 0.05) is 30.1 Å². The van der Waals surface area contributed by atoms with Gasteiger partial charge in [-0.15, -0.1) is 0 Å². The third-order valence-electron chi connectivity index (χ3n) is 5.40. The van der Waals surface area contributed by atoms with Gasteiger partial charge in [-0.1, -0.05) is 31.1 Å². The van der Waals surface area contributed by atoms with Gasteiger partial charge in [0.1, 0.15) is 0 Å². The molecule has 1 unspecified atom stereocenters. The summed E-state index contributed by atoms with van der Waals surface area (Å²) in [5.41, 5.74) is 2.89. The van der Waals surface area contributed by atoms with Gasteiger partial charge < -0.3 is 18.9 Å². The molecule has 29 heavy (non-hydrogen) atoms. The lowest BCUT2D eigenvalue weighted by Crippen LogP contribution is -2.24. The molecule has 148 valence electrons. The highest BCUT2D eigenvalue weighted by Crippen LogP contribution is 2.37. The predicted octanol–water partition coefficient (Wildman–Crippen LogP) is 4.11. The zero-order valence-electron chi connectivity index (χ0n) is 16.3. The van der Waals surface area contributed by atoms with Crippen molar-refractivity contribution in [1.82, 2.24) is 10.1 Å². The Hall–Kier alpha value is -3.35. The maximum atomic E-state index is 12.7. The van der Waals surface area contributed by atoms with Crippen molar-refractivity contribution in [2.45, 2.75) is 32.1 Å². The number of amides is 1. The van der Waals surface area contributed by atoms with Crippen molar-refractivity contribution >= 4 is 11.6 Å². The lowest BCUT2D eigenvalue weighted by Gasteiger charge is -2.18. The Morgan fingerprint density at radius 1 is 1.10 bits per heavy atom. The number of rotatable bonds is 4. The summed E-state index contributed by atoms with van der Waals surface area (Å²) < 4.78 is 16.2. The second kappa shape index (κ2) is 6.92. The molecule has 0 saturated carbocycles. The number of fused-ring (bicyclic) bond motifs is 1. The molecule has 0 aliphatic carbocycles. The number of hydrogen-bond acceptors (Lipinski definition) is 6. The van der Waals surface area contributed by atoms with Crippen LogP contribution >= 0.6 is 0 Å². The summed E-state index contributed by atoms with van der Waals surface area (Å²) in [6, 6.07) is 13.6. The molecule has 2 aliphatic heterocycles. The average molecular weight is 391 g/mol. The van der Waals surface area contributed by atoms with Crippen molar-refractivity contribution in [2.75, 3.05) is 18.2 Å². The smallest absolute Gasteiger partial charge is 0.258 e. The first-order chi connectivity index (χ1) is 14.1. The van der Waals surface area contributed by atoms with Crippen LogP contribution in [-0.4, -0.2) is 29.4 Å². The summed E-state index contributed by atoms with van der Waals surface area (Å²) in [7, 11) is 0. The molecule has 1 saturated heterocycles. The Morgan fingerprint density at radius 2 is 1.97 bits per heavy atom. The number of carbonyl (C=O) groups excluding carboxylic acids is 1. The van der Waals surface area contributed by atoms with E-state index < -0.39 is 0 Å². The van der Waals surface area contributed by atoms with Gasteiger partial charge in [0.25, 0.3) is 5.89 Å². The number of aromatic nitrogens is 2. The van der Waals surface area contributed by atoms with Crippen LogP contribution in [0.4, 0.5) is 5.69 Å². The van der Waals surface area contributed by atoms with Gasteiger partial charge in [0.2, 0.25) is 12.7 Å². The highest BCUT2D eigenvalue weighted by atomic mass is 16.7. The van der Waals surface area contributed by atoms with Gasteiger partial charge in [-0.2, -0.15) is 4.98 Å². The predicted molar refractivity (Wildman–Crippen MR) is 106 cm³/mol. The monoisotopic (exact) mass is 391 g/mol. The Morgan fingerprint density at radius 3 is 2.83 bits per heavy atom. The van der Waals surface area contributed by atoms with E-state index in [4.69, 9.17) is 14.0 Å². The van der Waals surface area contributed by atoms with Gasteiger partial charge in [0.05, 0.1) is 0 Å². The number of hydrogen-bond donors (Lipinski definition) is 0. The van der Waals surface area contributed by atoms with E-state index in [1.807, 2.05) is 35.2 Å². The van der Waals surface area contributed by atoms with Gasteiger partial charge >= 0.3 is 0 Å². The van der Waals surface area contributed by atoms with Crippen LogP contribution in [0, 0.1) is 0 Å². The minimum Gasteiger partial charge on any atom is -0.454 e. The van der Waals surface area contributed by atoms with E-state index in [-0.39, 0.29) is 18.6 Å². The minimum absolute atomic E-state index is 0.0744. The maximum absolute atomic E-state index is 12.7. The fraction of sp³-hybridized carbons (Fsp3) is 0.318. The van der Waals surface area contributed by atoms with Crippen LogP contribution in [-0.2, 0) is 4.79 Å². The van der Waals surface area contributed by atoms with Gasteiger partial charge in [-0.25, -0.2) is 0 Å². The molecule has 7 heteroatoms. The van der Waals surface area contributed by atoms with E-state index >= 15 is 0 Å². The lowest BCUT2D eigenvalue weighted by atomic mass is 10.0. The van der Waals surface area contributed by atoms with Gasteiger partial charge in [-0.05, 0) is 41.8 Å². The molecule has 1 aromatic heterocycles. The lowest BCUT2D eigenvalue weighted by molar-refractivity contribution is -0.117. The van der Waals surface area contributed by atoms with E-state index in [9.17, 15) is 4.79 Å². The van der Waals surface area contributed by atoms with Crippen LogP contribution in [0.5, 0.6) is 11.5 Å². The standard InChI is InChI=1S/C22H21N3O4/c1-13(2)14-4-3-5-17(8-14)25-11-16(10-20(25)26)21-23-22(29-24-21)15-6-7-18-19(9-15)28-12-27-18/h3-9,13,16H,10-12H2,1-2H3. The first-order valence-corrected chi connectivity index (χ1v) is 9.72. The topological polar surface area (TPSA) is 77.7 Å². The molecule has 0 bridgehead atoms. The Bertz CT molecular complexity index is 1080. The van der Waals surface area contributed by atoms with Crippen LogP contribution in [0.25, 0.3) is 11.5 Å². The second-order valence-corrected chi connectivity index (χ2v) is 7.68. The van der Waals surface area contributed by atoms with Gasteiger partial charge in [0.15, 0.2) is 17.3 Å². The van der Waals surface area contributed by atoms with Crippen molar-refractivity contribution in [2.24, 2.45) is 0 Å². The zero-order chi connectivity index (χ0) is 20.0. The number of carbonyl (C=O) groups is 1. The number of ether oxygens (including phenoxy) is 2. The summed E-state index contributed by atoms with van der Waals surface area (Å²) in [5, 5.41) is 4.14. The van der Waals surface area contributed by atoms with Crippen molar-refractivity contribution in [1.29, 1.82) is 0 Å². The van der Waals surface area contributed by atoms with Crippen LogP contribution in [0.3, 0.4) is 0 Å². The minimum atomic E-state index is -0.100. The maximum Gasteiger partial charge on any atom is 0.258 e. The number of anilines is 1. The van der Waals surface area contributed by atoms with Crippen LogP contribution in [0.15, 0.2) is 47.0 Å². The van der Waals surface area contributed by atoms with Crippen molar-refractivity contribution in [3.05, 3.63) is 53.9 Å². The highest BCUT2D eigenvalue weighted by molar-refractivity contribution is 5.96. The van der Waals surface area contributed by atoms with Crippen LogP contribution in [0.2, 0.25) is 0 Å². The van der Waals surface area contributed by atoms with Crippen molar-refractivity contribution in [3.63, 3.8) is 0 Å². The van der Waals surface area contributed by atoms with Gasteiger partial charge in [-0.3, -0.25) is 4.79 Å². The second-order valence-electron chi connectivity index (χ2n) is 7.68. The van der Waals surface area contributed by atoms with Crippen molar-refractivity contribution < 1.29 is 18.8 Å². The van der Waals surface area contributed by atoms with Crippen LogP contribution in [0.1, 0.15) is 43.5 Å². The summed E-state index contributed by atoms with van der Waals surface area (Å²) in [6.45, 7) is 5.04. The summed E-state index contributed by atoms with van der Waals surface area (Å²) in [5.74, 6) is 2.70. The summed E-state index contributed by atoms with van der Waals surface area (Å²) in [6.07, 6.45) is 0.367. The van der Waals surface area contributed by atoms with E-state index in [1.165, 1.54) is 5.56 Å².